The molecule has 1 N–H and O–H groups in total. The van der Waals surface area contributed by atoms with Crippen molar-refractivity contribution < 1.29 is 14.3 Å². The summed E-state index contributed by atoms with van der Waals surface area (Å²) in [6.07, 6.45) is 0.863. The molecule has 26 heavy (non-hydrogen) atoms. The first-order valence-corrected chi connectivity index (χ1v) is 9.02. The van der Waals surface area contributed by atoms with Crippen LogP contribution in [0.5, 0.6) is 11.5 Å². The van der Waals surface area contributed by atoms with Gasteiger partial charge in [0.1, 0.15) is 11.5 Å². The van der Waals surface area contributed by atoms with Gasteiger partial charge in [0, 0.05) is 0 Å². The molecule has 0 bridgehead atoms. The minimum absolute atomic E-state index is 0.00897. The molecule has 0 fully saturated rings. The fourth-order valence-corrected chi connectivity index (χ4v) is 2.83. The van der Waals surface area contributed by atoms with E-state index in [-0.39, 0.29) is 18.6 Å². The fraction of sp³-hybridized carbons (Fsp3) is 0.409. The van der Waals surface area contributed by atoms with E-state index in [4.69, 9.17) is 9.47 Å². The predicted octanol–water partition coefficient (Wildman–Crippen LogP) is 4.59. The van der Waals surface area contributed by atoms with Crippen LogP contribution in [0.25, 0.3) is 0 Å². The van der Waals surface area contributed by atoms with Crippen molar-refractivity contribution in [3.8, 4) is 11.5 Å². The van der Waals surface area contributed by atoms with Gasteiger partial charge in [-0.2, -0.15) is 0 Å². The van der Waals surface area contributed by atoms with E-state index in [1.165, 1.54) is 0 Å². The first-order chi connectivity index (χ1) is 12.4. The van der Waals surface area contributed by atoms with Gasteiger partial charge < -0.3 is 14.8 Å². The van der Waals surface area contributed by atoms with Crippen molar-refractivity contribution in [1.29, 1.82) is 0 Å². The summed E-state index contributed by atoms with van der Waals surface area (Å²) in [7, 11) is 1.65. The van der Waals surface area contributed by atoms with Gasteiger partial charge in [0.25, 0.3) is 5.91 Å². The standard InChI is InChI=1S/C22H29NO3/c1-15(2)12-20(18-8-10-19(25-5)11-9-18)23-22(24)14-26-21-13-16(3)6-7-17(21)4/h6-11,13,15,20H,12,14H2,1-5H3,(H,23,24)/t20-/m1/s1. The van der Waals surface area contributed by atoms with Crippen molar-refractivity contribution in [2.24, 2.45) is 5.92 Å². The van der Waals surface area contributed by atoms with Gasteiger partial charge in [-0.25, -0.2) is 0 Å². The van der Waals surface area contributed by atoms with Crippen LogP contribution in [0.2, 0.25) is 0 Å². The summed E-state index contributed by atoms with van der Waals surface area (Å²) in [4.78, 5) is 12.4. The third-order valence-corrected chi connectivity index (χ3v) is 4.26. The quantitative estimate of drug-likeness (QED) is 0.753. The van der Waals surface area contributed by atoms with Crippen molar-refractivity contribution in [3.05, 3.63) is 59.2 Å². The van der Waals surface area contributed by atoms with Gasteiger partial charge >= 0.3 is 0 Å². The molecule has 0 aliphatic rings. The monoisotopic (exact) mass is 355 g/mol. The lowest BCUT2D eigenvalue weighted by atomic mass is 9.97. The highest BCUT2D eigenvalue weighted by Crippen LogP contribution is 2.24. The highest BCUT2D eigenvalue weighted by atomic mass is 16.5. The SMILES string of the molecule is COc1ccc([C@@H](CC(C)C)NC(=O)COc2cc(C)ccc2C)cc1. The van der Waals surface area contributed by atoms with Crippen LogP contribution in [0.3, 0.4) is 0 Å². The number of hydrogen-bond acceptors (Lipinski definition) is 3. The number of hydrogen-bond donors (Lipinski definition) is 1. The Morgan fingerprint density at radius 2 is 1.77 bits per heavy atom. The lowest BCUT2D eigenvalue weighted by molar-refractivity contribution is -0.124. The lowest BCUT2D eigenvalue weighted by Gasteiger charge is -2.21. The third kappa shape index (κ3) is 5.80. The van der Waals surface area contributed by atoms with Crippen LogP contribution in [-0.4, -0.2) is 19.6 Å². The van der Waals surface area contributed by atoms with Crippen molar-refractivity contribution >= 4 is 5.91 Å². The van der Waals surface area contributed by atoms with Crippen molar-refractivity contribution in [2.45, 2.75) is 40.2 Å². The lowest BCUT2D eigenvalue weighted by Crippen LogP contribution is -2.33. The Bertz CT molecular complexity index is 723. The molecule has 4 heteroatoms. The van der Waals surface area contributed by atoms with Gasteiger partial charge in [0.15, 0.2) is 6.61 Å². The molecular weight excluding hydrogens is 326 g/mol. The van der Waals surface area contributed by atoms with Gasteiger partial charge in [-0.3, -0.25) is 4.79 Å². The van der Waals surface area contributed by atoms with Crippen molar-refractivity contribution in [2.75, 3.05) is 13.7 Å². The summed E-state index contributed by atoms with van der Waals surface area (Å²) < 4.78 is 10.9. The summed E-state index contributed by atoms with van der Waals surface area (Å²) >= 11 is 0. The Hall–Kier alpha value is -2.49. The van der Waals surface area contributed by atoms with Crippen LogP contribution >= 0.6 is 0 Å². The van der Waals surface area contributed by atoms with E-state index in [1.54, 1.807) is 7.11 Å². The zero-order chi connectivity index (χ0) is 19.1. The second-order valence-electron chi connectivity index (χ2n) is 7.08. The van der Waals surface area contributed by atoms with Gasteiger partial charge in [-0.15, -0.1) is 0 Å². The van der Waals surface area contributed by atoms with Crippen LogP contribution in [0, 0.1) is 19.8 Å². The van der Waals surface area contributed by atoms with Crippen LogP contribution < -0.4 is 14.8 Å². The molecule has 140 valence electrons. The van der Waals surface area contributed by atoms with E-state index in [2.05, 4.69) is 19.2 Å². The maximum absolute atomic E-state index is 12.4. The summed E-state index contributed by atoms with van der Waals surface area (Å²) in [6, 6.07) is 13.8. The maximum atomic E-state index is 12.4. The molecule has 2 aromatic carbocycles. The molecule has 4 nitrogen and oxygen atoms in total. The van der Waals surface area contributed by atoms with E-state index < -0.39 is 0 Å². The Balaban J connectivity index is 2.02. The van der Waals surface area contributed by atoms with Crippen LogP contribution in [-0.2, 0) is 4.79 Å². The highest BCUT2D eigenvalue weighted by Gasteiger charge is 2.17. The molecule has 0 aliphatic heterocycles. The van der Waals surface area contributed by atoms with Crippen molar-refractivity contribution in [1.82, 2.24) is 5.32 Å². The second-order valence-corrected chi connectivity index (χ2v) is 7.08. The second kappa shape index (κ2) is 9.27. The zero-order valence-electron chi connectivity index (χ0n) is 16.3. The number of carbonyl (C=O) groups is 1. The van der Waals surface area contributed by atoms with Gasteiger partial charge in [0.05, 0.1) is 13.2 Å². The van der Waals surface area contributed by atoms with Gasteiger partial charge in [-0.1, -0.05) is 38.1 Å². The normalized spacial score (nSPS) is 11.9. The number of nitrogens with one attached hydrogen (secondary N) is 1. The summed E-state index contributed by atoms with van der Waals surface area (Å²) in [5, 5.41) is 3.10. The summed E-state index contributed by atoms with van der Waals surface area (Å²) in [5.41, 5.74) is 3.21. The van der Waals surface area contributed by atoms with Crippen LogP contribution in [0.4, 0.5) is 0 Å². The highest BCUT2D eigenvalue weighted by molar-refractivity contribution is 5.78. The number of rotatable bonds is 8. The van der Waals surface area contributed by atoms with E-state index in [0.717, 1.165) is 34.6 Å². The van der Waals surface area contributed by atoms with Gasteiger partial charge in [-0.05, 0) is 61.1 Å². The Morgan fingerprint density at radius 3 is 2.38 bits per heavy atom. The number of methoxy groups -OCH3 is 1. The minimum atomic E-state index is -0.118. The molecule has 0 saturated heterocycles. The molecular formula is C22H29NO3. The molecule has 0 unspecified atom stereocenters. The third-order valence-electron chi connectivity index (χ3n) is 4.26. The molecule has 0 radical (unpaired) electrons. The molecule has 0 aliphatic carbocycles. The van der Waals surface area contributed by atoms with Crippen molar-refractivity contribution in [3.63, 3.8) is 0 Å². The molecule has 0 spiro atoms. The summed E-state index contributed by atoms with van der Waals surface area (Å²) in [5.74, 6) is 1.90. The molecule has 2 rings (SSSR count). The number of amides is 1. The maximum Gasteiger partial charge on any atom is 0.258 e. The number of benzene rings is 2. The number of ether oxygens (including phenoxy) is 2. The average molecular weight is 355 g/mol. The molecule has 0 saturated carbocycles. The largest absolute Gasteiger partial charge is 0.497 e. The summed E-state index contributed by atoms with van der Waals surface area (Å²) in [6.45, 7) is 8.29. The Labute approximate surface area is 156 Å². The van der Waals surface area contributed by atoms with Gasteiger partial charge in [0.2, 0.25) is 0 Å². The Morgan fingerprint density at radius 1 is 1.08 bits per heavy atom. The number of carbonyl (C=O) groups excluding carboxylic acids is 1. The topological polar surface area (TPSA) is 47.6 Å². The van der Waals surface area contributed by atoms with E-state index in [0.29, 0.717) is 5.92 Å². The molecule has 2 aromatic rings. The molecule has 0 heterocycles. The average Bonchev–Trinajstić information content (AvgIpc) is 2.61. The van der Waals surface area contributed by atoms with E-state index >= 15 is 0 Å². The van der Waals surface area contributed by atoms with Crippen LogP contribution in [0.1, 0.15) is 43.0 Å². The molecule has 0 aromatic heterocycles. The molecule has 1 atom stereocenters. The number of aryl methyl sites for hydroxylation is 2. The smallest absolute Gasteiger partial charge is 0.258 e. The minimum Gasteiger partial charge on any atom is -0.497 e. The van der Waals surface area contributed by atoms with E-state index in [1.807, 2.05) is 56.3 Å². The Kier molecular flexibility index (Phi) is 7.07. The first-order valence-electron chi connectivity index (χ1n) is 9.02. The van der Waals surface area contributed by atoms with Crippen LogP contribution in [0.15, 0.2) is 42.5 Å². The predicted molar refractivity (Wildman–Crippen MR) is 105 cm³/mol. The fourth-order valence-electron chi connectivity index (χ4n) is 2.83. The molecule has 1 amide bonds. The first kappa shape index (κ1) is 19.8. The van der Waals surface area contributed by atoms with E-state index in [9.17, 15) is 4.79 Å². The zero-order valence-corrected chi connectivity index (χ0v) is 16.3.